The van der Waals surface area contributed by atoms with E-state index in [-0.39, 0.29) is 22.1 Å². The molecule has 1 aliphatic heterocycles. The molecular formula is C23H27ClN6O5S. The molecule has 1 aliphatic rings. The van der Waals surface area contributed by atoms with Crippen LogP contribution in [0.1, 0.15) is 34.6 Å². The Bertz CT molecular complexity index is 1500. The summed E-state index contributed by atoms with van der Waals surface area (Å²) in [6.45, 7) is 6.09. The maximum absolute atomic E-state index is 13.3. The highest BCUT2D eigenvalue weighted by molar-refractivity contribution is 7.89. The molecule has 13 heteroatoms. The lowest BCUT2D eigenvalue weighted by molar-refractivity contribution is 0.0977. The minimum Gasteiger partial charge on any atom is -0.378 e. The van der Waals surface area contributed by atoms with Gasteiger partial charge in [0.2, 0.25) is 16.0 Å². The first kappa shape index (κ1) is 25.9. The highest BCUT2D eigenvalue weighted by Crippen LogP contribution is 2.29. The van der Waals surface area contributed by atoms with Crippen LogP contribution in [-0.2, 0) is 21.8 Å². The van der Waals surface area contributed by atoms with Gasteiger partial charge in [0, 0.05) is 25.7 Å². The quantitative estimate of drug-likeness (QED) is 0.455. The number of pyridine rings is 1. The number of benzene rings is 1. The van der Waals surface area contributed by atoms with Crippen LogP contribution in [-0.4, -0.2) is 61.4 Å². The molecule has 4 rings (SSSR count). The van der Waals surface area contributed by atoms with Crippen molar-refractivity contribution in [3.8, 4) is 0 Å². The predicted molar refractivity (Wildman–Crippen MR) is 138 cm³/mol. The number of fused-ring (bicyclic) bond motifs is 1. The molecule has 2 aromatic heterocycles. The van der Waals surface area contributed by atoms with E-state index in [1.807, 2.05) is 29.5 Å². The number of morpholine rings is 1. The zero-order valence-corrected chi connectivity index (χ0v) is 21.9. The minimum absolute atomic E-state index is 0.0353. The van der Waals surface area contributed by atoms with Gasteiger partial charge in [-0.1, -0.05) is 17.7 Å². The first-order valence-electron chi connectivity index (χ1n) is 11.2. The Morgan fingerprint density at radius 2 is 1.89 bits per heavy atom. The van der Waals surface area contributed by atoms with E-state index in [1.54, 1.807) is 23.7 Å². The van der Waals surface area contributed by atoms with Crippen molar-refractivity contribution in [1.82, 2.24) is 19.3 Å². The van der Waals surface area contributed by atoms with Crippen LogP contribution < -0.4 is 20.5 Å². The van der Waals surface area contributed by atoms with E-state index < -0.39 is 22.0 Å². The predicted octanol–water partition coefficient (Wildman–Crippen LogP) is 1.99. The largest absolute Gasteiger partial charge is 0.378 e. The van der Waals surface area contributed by atoms with E-state index in [4.69, 9.17) is 21.3 Å². The Balaban J connectivity index is 1.79. The number of amides is 1. The van der Waals surface area contributed by atoms with Crippen molar-refractivity contribution in [2.24, 2.45) is 7.05 Å². The van der Waals surface area contributed by atoms with Crippen LogP contribution in [0, 0.1) is 6.92 Å². The van der Waals surface area contributed by atoms with Gasteiger partial charge in [-0.15, -0.1) is 0 Å². The number of halogens is 1. The topological polar surface area (TPSA) is 136 Å². The molecule has 0 bridgehead atoms. The van der Waals surface area contributed by atoms with Crippen LogP contribution >= 0.6 is 11.6 Å². The van der Waals surface area contributed by atoms with Crippen molar-refractivity contribution in [1.29, 1.82) is 0 Å². The van der Waals surface area contributed by atoms with Crippen LogP contribution in [0.4, 0.5) is 11.6 Å². The molecule has 36 heavy (non-hydrogen) atoms. The second-order valence-corrected chi connectivity index (χ2v) is 10.9. The van der Waals surface area contributed by atoms with Gasteiger partial charge in [0.15, 0.2) is 5.69 Å². The molecule has 2 N–H and O–H groups in total. The molecule has 0 unspecified atom stereocenters. The number of hydrogen-bond donors (Lipinski definition) is 2. The number of carbonyl (C=O) groups is 1. The number of ether oxygens (including phenoxy) is 1. The molecule has 1 fully saturated rings. The molecule has 1 saturated heterocycles. The summed E-state index contributed by atoms with van der Waals surface area (Å²) in [4.78, 5) is 36.8. The standard InChI is InChI=1S/C23H27ClN6O5S/c1-13-11-15(14(2)25-17-5-6-18(24)26-20(17)21(31)28-36(4,33)34)19-16(12-13)22(32)29(3)23(27-19)30-7-9-35-10-8-30/h5-6,11-12,14,25H,7-10H2,1-4H3,(H,28,31)/t14-/m1/s1. The van der Waals surface area contributed by atoms with Gasteiger partial charge in [0.05, 0.1) is 42.1 Å². The summed E-state index contributed by atoms with van der Waals surface area (Å²) in [6.07, 6.45) is 0.877. The third-order valence-electron chi connectivity index (χ3n) is 5.82. The molecular weight excluding hydrogens is 508 g/mol. The Kier molecular flexibility index (Phi) is 7.21. The molecule has 1 aromatic carbocycles. The summed E-state index contributed by atoms with van der Waals surface area (Å²) in [5.41, 5.74) is 2.08. The second-order valence-electron chi connectivity index (χ2n) is 8.73. The lowest BCUT2D eigenvalue weighted by Crippen LogP contribution is -2.40. The number of aromatic nitrogens is 3. The fourth-order valence-corrected chi connectivity index (χ4v) is 4.75. The molecule has 3 heterocycles. The highest BCUT2D eigenvalue weighted by atomic mass is 35.5. The van der Waals surface area contributed by atoms with Crippen molar-refractivity contribution >= 4 is 50.1 Å². The van der Waals surface area contributed by atoms with Crippen LogP contribution in [0.5, 0.6) is 0 Å². The van der Waals surface area contributed by atoms with Gasteiger partial charge in [0.1, 0.15) is 5.15 Å². The van der Waals surface area contributed by atoms with Gasteiger partial charge in [-0.25, -0.2) is 23.1 Å². The average Bonchev–Trinajstić information content (AvgIpc) is 2.81. The number of carbonyl (C=O) groups excluding carboxylic acids is 1. The maximum atomic E-state index is 13.3. The molecule has 0 saturated carbocycles. The van der Waals surface area contributed by atoms with Gasteiger partial charge in [0.25, 0.3) is 11.5 Å². The first-order chi connectivity index (χ1) is 16.9. The number of nitrogens with one attached hydrogen (secondary N) is 2. The molecule has 1 amide bonds. The lowest BCUT2D eigenvalue weighted by Gasteiger charge is -2.29. The zero-order chi connectivity index (χ0) is 26.2. The third-order valence-corrected chi connectivity index (χ3v) is 6.58. The third kappa shape index (κ3) is 5.45. The fraction of sp³-hybridized carbons (Fsp3) is 0.391. The summed E-state index contributed by atoms with van der Waals surface area (Å²) in [5, 5.41) is 3.72. The van der Waals surface area contributed by atoms with E-state index in [0.717, 1.165) is 17.4 Å². The lowest BCUT2D eigenvalue weighted by atomic mass is 10.0. The molecule has 0 aliphatic carbocycles. The SMILES string of the molecule is Cc1cc([C@@H](C)Nc2ccc(Cl)nc2C(=O)NS(C)(=O)=O)c2nc(N3CCOCC3)n(C)c(=O)c2c1. The Labute approximate surface area is 213 Å². The van der Waals surface area contributed by atoms with Gasteiger partial charge in [-0.05, 0) is 37.6 Å². The summed E-state index contributed by atoms with van der Waals surface area (Å²) >= 11 is 5.98. The van der Waals surface area contributed by atoms with Gasteiger partial charge in [-0.2, -0.15) is 0 Å². The maximum Gasteiger partial charge on any atom is 0.285 e. The molecule has 1 atom stereocenters. The van der Waals surface area contributed by atoms with E-state index in [9.17, 15) is 18.0 Å². The van der Waals surface area contributed by atoms with Crippen LogP contribution in [0.15, 0.2) is 29.1 Å². The number of rotatable bonds is 6. The smallest absolute Gasteiger partial charge is 0.285 e. The van der Waals surface area contributed by atoms with E-state index >= 15 is 0 Å². The Morgan fingerprint density at radius 3 is 2.56 bits per heavy atom. The first-order valence-corrected chi connectivity index (χ1v) is 13.5. The normalized spacial score (nSPS) is 15.1. The van der Waals surface area contributed by atoms with Gasteiger partial charge < -0.3 is 15.0 Å². The number of sulfonamides is 1. The van der Waals surface area contributed by atoms with Crippen molar-refractivity contribution in [2.75, 3.05) is 42.8 Å². The Hall–Kier alpha value is -3.22. The highest BCUT2D eigenvalue weighted by Gasteiger charge is 2.23. The minimum atomic E-state index is -3.81. The summed E-state index contributed by atoms with van der Waals surface area (Å²) in [7, 11) is -2.11. The second kappa shape index (κ2) is 10.0. The molecule has 3 aromatic rings. The number of nitrogens with zero attached hydrogens (tertiary/aromatic N) is 4. The molecule has 0 spiro atoms. The van der Waals surface area contributed by atoms with Crippen LogP contribution in [0.2, 0.25) is 5.15 Å². The molecule has 0 radical (unpaired) electrons. The van der Waals surface area contributed by atoms with E-state index in [2.05, 4.69) is 10.3 Å². The van der Waals surface area contributed by atoms with E-state index in [1.165, 1.54) is 6.07 Å². The van der Waals surface area contributed by atoms with Crippen molar-refractivity contribution < 1.29 is 17.9 Å². The van der Waals surface area contributed by atoms with Crippen LogP contribution in [0.3, 0.4) is 0 Å². The van der Waals surface area contributed by atoms with Crippen molar-refractivity contribution in [3.63, 3.8) is 0 Å². The summed E-state index contributed by atoms with van der Waals surface area (Å²) in [5.74, 6) is -0.361. The Morgan fingerprint density at radius 1 is 1.19 bits per heavy atom. The zero-order valence-electron chi connectivity index (χ0n) is 20.3. The van der Waals surface area contributed by atoms with Crippen LogP contribution in [0.25, 0.3) is 10.9 Å². The number of aryl methyl sites for hydroxylation is 1. The van der Waals surface area contributed by atoms with E-state index in [0.29, 0.717) is 43.2 Å². The summed E-state index contributed by atoms with van der Waals surface area (Å²) < 4.78 is 32.1. The number of anilines is 2. The molecule has 192 valence electrons. The van der Waals surface area contributed by atoms with Gasteiger partial charge in [-0.3, -0.25) is 14.2 Å². The monoisotopic (exact) mass is 534 g/mol. The average molecular weight is 535 g/mol. The fourth-order valence-electron chi connectivity index (χ4n) is 4.17. The van der Waals surface area contributed by atoms with Gasteiger partial charge >= 0.3 is 0 Å². The molecule has 11 nitrogen and oxygen atoms in total. The van der Waals surface area contributed by atoms with Crippen molar-refractivity contribution in [3.05, 3.63) is 56.6 Å². The summed E-state index contributed by atoms with van der Waals surface area (Å²) in [6, 6.07) is 6.34. The number of hydrogen-bond acceptors (Lipinski definition) is 9. The van der Waals surface area contributed by atoms with Crippen molar-refractivity contribution in [2.45, 2.75) is 19.9 Å².